The maximum Gasteiger partial charge on any atom is 0.417 e. The van der Waals surface area contributed by atoms with Crippen molar-refractivity contribution in [1.29, 1.82) is 0 Å². The van der Waals surface area contributed by atoms with E-state index in [0.717, 1.165) is 17.2 Å². The quantitative estimate of drug-likeness (QED) is 0.722. The zero-order valence-corrected chi connectivity index (χ0v) is 12.0. The molecule has 21 heavy (non-hydrogen) atoms. The Morgan fingerprint density at radius 2 is 1.43 bits per heavy atom. The topological polar surface area (TPSA) is 17.1 Å². The van der Waals surface area contributed by atoms with Gasteiger partial charge in [-0.2, -0.15) is 13.2 Å². The molecule has 4 heteroatoms. The molecule has 0 aliphatic rings. The van der Waals surface area contributed by atoms with Gasteiger partial charge < -0.3 is 0 Å². The molecule has 2 aromatic rings. The summed E-state index contributed by atoms with van der Waals surface area (Å²) in [5.41, 5.74) is 1.68. The van der Waals surface area contributed by atoms with Crippen LogP contribution in [0.2, 0.25) is 0 Å². The molecule has 0 saturated heterocycles. The number of ketones is 1. The zero-order valence-electron chi connectivity index (χ0n) is 12.0. The first kappa shape index (κ1) is 15.3. The third-order valence-electron chi connectivity index (χ3n) is 3.56. The van der Waals surface area contributed by atoms with Gasteiger partial charge >= 0.3 is 6.18 Å². The van der Waals surface area contributed by atoms with Crippen LogP contribution in [0.3, 0.4) is 0 Å². The predicted octanol–water partition coefficient (Wildman–Crippen LogP) is 4.86. The van der Waals surface area contributed by atoms with Gasteiger partial charge in [-0.15, -0.1) is 0 Å². The van der Waals surface area contributed by atoms with E-state index in [-0.39, 0.29) is 5.56 Å². The Bertz CT molecular complexity index is 700. The molecule has 0 aliphatic heterocycles. The van der Waals surface area contributed by atoms with Crippen LogP contribution in [-0.4, -0.2) is 5.78 Å². The van der Waals surface area contributed by atoms with Gasteiger partial charge in [0.25, 0.3) is 0 Å². The fraction of sp³-hybridized carbons (Fsp3) is 0.235. The number of halogens is 3. The van der Waals surface area contributed by atoms with E-state index < -0.39 is 17.5 Å². The lowest BCUT2D eigenvalue weighted by atomic mass is 9.92. The average molecular weight is 292 g/mol. The molecule has 0 N–H and O–H groups in total. The van der Waals surface area contributed by atoms with Gasteiger partial charge in [-0.25, -0.2) is 0 Å². The summed E-state index contributed by atoms with van der Waals surface area (Å²) in [5, 5.41) is 0. The Balaban J connectivity index is 2.59. The van der Waals surface area contributed by atoms with Gasteiger partial charge in [0, 0.05) is 11.1 Å². The summed E-state index contributed by atoms with van der Waals surface area (Å²) in [6.45, 7) is 5.47. The second-order valence-electron chi connectivity index (χ2n) is 5.12. The fourth-order valence-corrected chi connectivity index (χ4v) is 2.28. The molecule has 0 aliphatic carbocycles. The van der Waals surface area contributed by atoms with Gasteiger partial charge in [-0.3, -0.25) is 4.79 Å². The standard InChI is InChI=1S/C17H15F3O/c1-10-8-12(3)14(9-11(10)2)16(21)13-6-4-5-7-15(13)17(18,19)20/h4-9H,1-3H3. The minimum absolute atomic E-state index is 0.309. The summed E-state index contributed by atoms with van der Waals surface area (Å²) in [6, 6.07) is 8.36. The molecule has 0 unspecified atom stereocenters. The summed E-state index contributed by atoms with van der Waals surface area (Å²) in [6.07, 6.45) is -4.54. The third-order valence-corrected chi connectivity index (χ3v) is 3.56. The molecule has 2 rings (SSSR count). The van der Waals surface area contributed by atoms with E-state index in [1.165, 1.54) is 18.2 Å². The fourth-order valence-electron chi connectivity index (χ4n) is 2.28. The lowest BCUT2D eigenvalue weighted by Crippen LogP contribution is -2.14. The number of hydrogen-bond donors (Lipinski definition) is 0. The average Bonchev–Trinajstić information content (AvgIpc) is 2.41. The minimum Gasteiger partial charge on any atom is -0.289 e. The van der Waals surface area contributed by atoms with E-state index in [9.17, 15) is 18.0 Å². The SMILES string of the molecule is Cc1cc(C)c(C(=O)c2ccccc2C(F)(F)F)cc1C. The van der Waals surface area contributed by atoms with E-state index in [1.807, 2.05) is 19.9 Å². The number of hydrogen-bond acceptors (Lipinski definition) is 1. The van der Waals surface area contributed by atoms with Crippen LogP contribution in [0, 0.1) is 20.8 Å². The van der Waals surface area contributed by atoms with Crippen molar-refractivity contribution in [3.05, 3.63) is 69.8 Å². The van der Waals surface area contributed by atoms with Crippen molar-refractivity contribution in [1.82, 2.24) is 0 Å². The highest BCUT2D eigenvalue weighted by atomic mass is 19.4. The van der Waals surface area contributed by atoms with Crippen molar-refractivity contribution in [2.24, 2.45) is 0 Å². The van der Waals surface area contributed by atoms with E-state index in [2.05, 4.69) is 0 Å². The Hall–Kier alpha value is -2.10. The van der Waals surface area contributed by atoms with Crippen LogP contribution in [0.15, 0.2) is 36.4 Å². The van der Waals surface area contributed by atoms with E-state index in [1.54, 1.807) is 13.0 Å². The predicted molar refractivity (Wildman–Crippen MR) is 75.5 cm³/mol. The maximum atomic E-state index is 13.0. The van der Waals surface area contributed by atoms with Gasteiger partial charge in [0.1, 0.15) is 0 Å². The molecule has 2 aromatic carbocycles. The van der Waals surface area contributed by atoms with Crippen LogP contribution in [0.4, 0.5) is 13.2 Å². The number of rotatable bonds is 2. The molecule has 0 fully saturated rings. The van der Waals surface area contributed by atoms with Crippen molar-refractivity contribution < 1.29 is 18.0 Å². The van der Waals surface area contributed by atoms with Crippen molar-refractivity contribution in [3.8, 4) is 0 Å². The van der Waals surface area contributed by atoms with Gasteiger partial charge in [0.2, 0.25) is 0 Å². The van der Waals surface area contributed by atoms with Crippen LogP contribution in [0.25, 0.3) is 0 Å². The normalized spacial score (nSPS) is 11.5. The molecule has 0 radical (unpaired) electrons. The largest absolute Gasteiger partial charge is 0.417 e. The molecular formula is C17H15F3O. The Morgan fingerprint density at radius 3 is 2.05 bits per heavy atom. The monoisotopic (exact) mass is 292 g/mol. The minimum atomic E-state index is -4.54. The van der Waals surface area contributed by atoms with Crippen LogP contribution < -0.4 is 0 Å². The van der Waals surface area contributed by atoms with Gasteiger partial charge in [0.15, 0.2) is 5.78 Å². The molecule has 0 saturated carbocycles. The molecular weight excluding hydrogens is 277 g/mol. The van der Waals surface area contributed by atoms with E-state index in [4.69, 9.17) is 0 Å². The first-order valence-corrected chi connectivity index (χ1v) is 6.50. The maximum absolute atomic E-state index is 13.0. The molecule has 1 nitrogen and oxygen atoms in total. The van der Waals surface area contributed by atoms with Crippen LogP contribution in [-0.2, 0) is 6.18 Å². The van der Waals surface area contributed by atoms with Crippen molar-refractivity contribution >= 4 is 5.78 Å². The Labute approximate surface area is 121 Å². The molecule has 110 valence electrons. The zero-order chi connectivity index (χ0) is 15.8. The summed E-state index contributed by atoms with van der Waals surface area (Å²) in [7, 11) is 0. The number of carbonyl (C=O) groups excluding carboxylic acids is 1. The molecule has 0 bridgehead atoms. The third kappa shape index (κ3) is 2.99. The van der Waals surface area contributed by atoms with Gasteiger partial charge in [-0.05, 0) is 49.6 Å². The first-order valence-electron chi connectivity index (χ1n) is 6.50. The molecule has 0 atom stereocenters. The summed E-state index contributed by atoms with van der Waals surface area (Å²) in [4.78, 5) is 12.5. The highest BCUT2D eigenvalue weighted by Crippen LogP contribution is 2.33. The number of aryl methyl sites for hydroxylation is 3. The lowest BCUT2D eigenvalue weighted by molar-refractivity contribution is -0.137. The summed E-state index contributed by atoms with van der Waals surface area (Å²) in [5.74, 6) is -0.594. The van der Waals surface area contributed by atoms with E-state index >= 15 is 0 Å². The number of alkyl halides is 3. The Morgan fingerprint density at radius 1 is 0.857 bits per heavy atom. The van der Waals surface area contributed by atoms with Crippen LogP contribution >= 0.6 is 0 Å². The van der Waals surface area contributed by atoms with E-state index in [0.29, 0.717) is 11.1 Å². The molecule has 0 spiro atoms. The lowest BCUT2D eigenvalue weighted by Gasteiger charge is -2.14. The summed E-state index contributed by atoms with van der Waals surface area (Å²) >= 11 is 0. The molecule has 0 heterocycles. The Kier molecular flexibility index (Phi) is 3.90. The molecule has 0 aromatic heterocycles. The van der Waals surface area contributed by atoms with Crippen molar-refractivity contribution in [2.75, 3.05) is 0 Å². The second-order valence-corrected chi connectivity index (χ2v) is 5.12. The number of carbonyl (C=O) groups is 1. The second kappa shape index (κ2) is 5.35. The van der Waals surface area contributed by atoms with Crippen LogP contribution in [0.1, 0.15) is 38.2 Å². The number of benzene rings is 2. The van der Waals surface area contributed by atoms with Crippen molar-refractivity contribution in [3.63, 3.8) is 0 Å². The van der Waals surface area contributed by atoms with Crippen molar-refractivity contribution in [2.45, 2.75) is 26.9 Å². The molecule has 0 amide bonds. The summed E-state index contributed by atoms with van der Waals surface area (Å²) < 4.78 is 39.0. The van der Waals surface area contributed by atoms with Gasteiger partial charge in [0.05, 0.1) is 5.56 Å². The highest BCUT2D eigenvalue weighted by Gasteiger charge is 2.35. The first-order chi connectivity index (χ1) is 9.71. The van der Waals surface area contributed by atoms with Gasteiger partial charge in [-0.1, -0.05) is 24.3 Å². The smallest absolute Gasteiger partial charge is 0.289 e. The highest BCUT2D eigenvalue weighted by molar-refractivity contribution is 6.11. The van der Waals surface area contributed by atoms with Crippen LogP contribution in [0.5, 0.6) is 0 Å².